The van der Waals surface area contributed by atoms with Crippen LogP contribution in [0.25, 0.3) is 10.9 Å². The van der Waals surface area contributed by atoms with E-state index in [-0.39, 0.29) is 0 Å². The molecule has 1 aliphatic rings. The van der Waals surface area contributed by atoms with Gasteiger partial charge in [-0.15, -0.1) is 0 Å². The molecule has 1 saturated heterocycles. The molecule has 0 atom stereocenters. The summed E-state index contributed by atoms with van der Waals surface area (Å²) in [7, 11) is 2.12. The van der Waals surface area contributed by atoms with Gasteiger partial charge in [-0.25, -0.2) is 0 Å². The fourth-order valence-electron chi connectivity index (χ4n) is 3.06. The third-order valence-electron chi connectivity index (χ3n) is 4.19. The summed E-state index contributed by atoms with van der Waals surface area (Å²) in [4.78, 5) is 0. The van der Waals surface area contributed by atoms with Crippen molar-refractivity contribution in [2.45, 2.75) is 19.4 Å². The van der Waals surface area contributed by atoms with Crippen LogP contribution < -0.4 is 10.6 Å². The molecule has 0 spiro atoms. The predicted molar refractivity (Wildman–Crippen MR) is 80.2 cm³/mol. The normalized spacial score (nSPS) is 17.1. The fraction of sp³-hybridized carbons (Fsp3) is 0.500. The summed E-state index contributed by atoms with van der Waals surface area (Å²) in [6.07, 6.45) is 4.87. The van der Waals surface area contributed by atoms with Gasteiger partial charge in [0.05, 0.1) is 0 Å². The van der Waals surface area contributed by atoms with Crippen LogP contribution in [0.2, 0.25) is 0 Å². The first kappa shape index (κ1) is 12.7. The number of aromatic nitrogens is 1. The molecule has 2 heterocycles. The van der Waals surface area contributed by atoms with Gasteiger partial charge in [0.2, 0.25) is 0 Å². The van der Waals surface area contributed by atoms with Gasteiger partial charge < -0.3 is 15.2 Å². The summed E-state index contributed by atoms with van der Waals surface area (Å²) < 4.78 is 2.22. The molecule has 0 saturated carbocycles. The average Bonchev–Trinajstić information content (AvgIpc) is 2.78. The van der Waals surface area contributed by atoms with Gasteiger partial charge >= 0.3 is 0 Å². The Balaban J connectivity index is 1.62. The van der Waals surface area contributed by atoms with E-state index in [1.54, 1.807) is 0 Å². The molecule has 0 aliphatic carbocycles. The van der Waals surface area contributed by atoms with Crippen molar-refractivity contribution in [1.82, 2.24) is 15.2 Å². The van der Waals surface area contributed by atoms with Crippen molar-refractivity contribution in [2.24, 2.45) is 13.0 Å². The van der Waals surface area contributed by atoms with Gasteiger partial charge in [0.1, 0.15) is 0 Å². The molecule has 2 N–H and O–H groups in total. The molecule has 0 unspecified atom stereocenters. The number of hydrogen-bond acceptors (Lipinski definition) is 2. The Morgan fingerprint density at radius 2 is 2.05 bits per heavy atom. The topological polar surface area (TPSA) is 29.0 Å². The minimum absolute atomic E-state index is 0.844. The Morgan fingerprint density at radius 3 is 2.89 bits per heavy atom. The van der Waals surface area contributed by atoms with Crippen molar-refractivity contribution in [1.29, 1.82) is 0 Å². The Hall–Kier alpha value is -1.32. The predicted octanol–water partition coefficient (Wildman–Crippen LogP) is 2.27. The number of para-hydroxylation sites is 1. The number of benzene rings is 1. The summed E-state index contributed by atoms with van der Waals surface area (Å²) in [5.41, 5.74) is 2.73. The summed E-state index contributed by atoms with van der Waals surface area (Å²) in [6, 6.07) is 8.63. The summed E-state index contributed by atoms with van der Waals surface area (Å²) in [5.74, 6) is 0.844. The van der Waals surface area contributed by atoms with Crippen molar-refractivity contribution >= 4 is 10.9 Å². The lowest BCUT2D eigenvalue weighted by Crippen LogP contribution is -2.33. The minimum atomic E-state index is 0.844. The third-order valence-corrected chi connectivity index (χ3v) is 4.19. The second kappa shape index (κ2) is 5.76. The van der Waals surface area contributed by atoms with Crippen LogP contribution in [0, 0.1) is 5.92 Å². The number of nitrogens with one attached hydrogen (secondary N) is 2. The number of rotatable bonds is 4. The van der Waals surface area contributed by atoms with E-state index in [0.717, 1.165) is 19.0 Å². The van der Waals surface area contributed by atoms with Crippen molar-refractivity contribution in [3.05, 3.63) is 36.0 Å². The number of nitrogens with zero attached hydrogens (tertiary/aromatic N) is 1. The highest BCUT2D eigenvalue weighted by Crippen LogP contribution is 2.20. The third kappa shape index (κ3) is 2.82. The van der Waals surface area contributed by atoms with Crippen molar-refractivity contribution in [2.75, 3.05) is 19.6 Å². The highest BCUT2D eigenvalue weighted by Gasteiger charge is 2.12. The summed E-state index contributed by atoms with van der Waals surface area (Å²) in [6.45, 7) is 4.48. The zero-order valence-electron chi connectivity index (χ0n) is 11.7. The van der Waals surface area contributed by atoms with Crippen LogP contribution in [0.4, 0.5) is 0 Å². The number of aryl methyl sites for hydroxylation is 1. The van der Waals surface area contributed by atoms with E-state index in [1.807, 2.05) is 0 Å². The van der Waals surface area contributed by atoms with E-state index < -0.39 is 0 Å². The zero-order valence-corrected chi connectivity index (χ0v) is 11.7. The minimum Gasteiger partial charge on any atom is -0.350 e. The highest BCUT2D eigenvalue weighted by molar-refractivity contribution is 5.83. The van der Waals surface area contributed by atoms with E-state index in [1.165, 1.54) is 42.4 Å². The summed E-state index contributed by atoms with van der Waals surface area (Å²) in [5, 5.41) is 8.43. The molecule has 3 heteroatoms. The summed E-state index contributed by atoms with van der Waals surface area (Å²) >= 11 is 0. The maximum Gasteiger partial charge on any atom is 0.0481 e. The number of fused-ring (bicyclic) bond motifs is 1. The van der Waals surface area contributed by atoms with Crippen LogP contribution in [0.3, 0.4) is 0 Å². The smallest absolute Gasteiger partial charge is 0.0481 e. The van der Waals surface area contributed by atoms with Crippen LogP contribution in [0.15, 0.2) is 30.5 Å². The second-order valence-electron chi connectivity index (χ2n) is 5.61. The molecule has 3 nitrogen and oxygen atoms in total. The SMILES string of the molecule is Cn1cc(CNCC2CCNCC2)c2ccccc21. The van der Waals surface area contributed by atoms with Gasteiger partial charge in [0.15, 0.2) is 0 Å². The van der Waals surface area contributed by atoms with Crippen LogP contribution in [0.5, 0.6) is 0 Å². The Kier molecular flexibility index (Phi) is 3.85. The van der Waals surface area contributed by atoms with E-state index >= 15 is 0 Å². The van der Waals surface area contributed by atoms with Crippen LogP contribution in [-0.4, -0.2) is 24.2 Å². The molecule has 0 radical (unpaired) electrons. The first-order valence-corrected chi connectivity index (χ1v) is 7.29. The van der Waals surface area contributed by atoms with Gasteiger partial charge in [-0.2, -0.15) is 0 Å². The molecule has 1 fully saturated rings. The molecule has 19 heavy (non-hydrogen) atoms. The first-order chi connectivity index (χ1) is 9.34. The fourth-order valence-corrected chi connectivity index (χ4v) is 3.06. The number of piperidine rings is 1. The average molecular weight is 257 g/mol. The Labute approximate surface area is 115 Å². The molecule has 2 aromatic rings. The van der Waals surface area contributed by atoms with E-state index in [0.29, 0.717) is 0 Å². The number of hydrogen-bond donors (Lipinski definition) is 2. The monoisotopic (exact) mass is 257 g/mol. The Bertz CT molecular complexity index is 538. The van der Waals surface area contributed by atoms with E-state index in [4.69, 9.17) is 0 Å². The molecule has 0 bridgehead atoms. The van der Waals surface area contributed by atoms with Gasteiger partial charge in [-0.1, -0.05) is 18.2 Å². The van der Waals surface area contributed by atoms with Gasteiger partial charge in [0, 0.05) is 30.7 Å². The second-order valence-corrected chi connectivity index (χ2v) is 5.61. The van der Waals surface area contributed by atoms with Crippen LogP contribution in [-0.2, 0) is 13.6 Å². The lowest BCUT2D eigenvalue weighted by Gasteiger charge is -2.22. The van der Waals surface area contributed by atoms with E-state index in [2.05, 4.69) is 52.7 Å². The molecular weight excluding hydrogens is 234 g/mol. The molecule has 1 aliphatic heterocycles. The lowest BCUT2D eigenvalue weighted by atomic mass is 9.98. The molecule has 3 rings (SSSR count). The maximum absolute atomic E-state index is 3.64. The van der Waals surface area contributed by atoms with E-state index in [9.17, 15) is 0 Å². The molecule has 102 valence electrons. The van der Waals surface area contributed by atoms with Crippen molar-refractivity contribution in [3.8, 4) is 0 Å². The van der Waals surface area contributed by atoms with Gasteiger partial charge in [0.25, 0.3) is 0 Å². The lowest BCUT2D eigenvalue weighted by molar-refractivity contribution is 0.356. The zero-order chi connectivity index (χ0) is 13.1. The molecule has 1 aromatic carbocycles. The first-order valence-electron chi connectivity index (χ1n) is 7.29. The molecular formula is C16H23N3. The standard InChI is InChI=1S/C16H23N3/c1-19-12-14(15-4-2-3-5-16(15)19)11-18-10-13-6-8-17-9-7-13/h2-5,12-13,17-18H,6-11H2,1H3. The highest BCUT2D eigenvalue weighted by atomic mass is 14.9. The molecule has 0 amide bonds. The quantitative estimate of drug-likeness (QED) is 0.880. The van der Waals surface area contributed by atoms with Gasteiger partial charge in [-0.3, -0.25) is 0 Å². The van der Waals surface area contributed by atoms with Crippen molar-refractivity contribution in [3.63, 3.8) is 0 Å². The largest absolute Gasteiger partial charge is 0.350 e. The maximum atomic E-state index is 3.64. The van der Waals surface area contributed by atoms with Crippen LogP contribution in [0.1, 0.15) is 18.4 Å². The van der Waals surface area contributed by atoms with Crippen LogP contribution >= 0.6 is 0 Å². The van der Waals surface area contributed by atoms with Gasteiger partial charge in [-0.05, 0) is 50.0 Å². The van der Waals surface area contributed by atoms with Crippen molar-refractivity contribution < 1.29 is 0 Å². The molecule has 1 aromatic heterocycles. The Morgan fingerprint density at radius 1 is 1.26 bits per heavy atom.